The van der Waals surface area contributed by atoms with Crippen LogP contribution in [0, 0.1) is 6.92 Å². The summed E-state index contributed by atoms with van der Waals surface area (Å²) in [5.74, 6) is -0.782. The van der Waals surface area contributed by atoms with Gasteiger partial charge in [0.25, 0.3) is 11.5 Å². The Bertz CT molecular complexity index is 1090. The summed E-state index contributed by atoms with van der Waals surface area (Å²) in [6.07, 6.45) is 1.46. The van der Waals surface area contributed by atoms with Gasteiger partial charge in [-0.15, -0.1) is 0 Å². The number of rotatable bonds is 6. The minimum absolute atomic E-state index is 0.0786. The number of hydrogen-bond donors (Lipinski definition) is 1. The molecule has 6 nitrogen and oxygen atoms in total. The van der Waals surface area contributed by atoms with Crippen molar-refractivity contribution in [1.82, 2.24) is 4.73 Å². The lowest BCUT2D eigenvalue weighted by atomic mass is 10.1. The van der Waals surface area contributed by atoms with E-state index in [0.29, 0.717) is 11.3 Å². The molecule has 28 heavy (non-hydrogen) atoms. The second kappa shape index (κ2) is 8.35. The van der Waals surface area contributed by atoms with E-state index in [0.717, 1.165) is 15.9 Å². The summed E-state index contributed by atoms with van der Waals surface area (Å²) in [5.41, 5.74) is 2.08. The minimum atomic E-state index is -0.604. The van der Waals surface area contributed by atoms with Crippen molar-refractivity contribution in [3.8, 4) is 0 Å². The van der Waals surface area contributed by atoms with Crippen LogP contribution in [0.4, 0.5) is 5.69 Å². The van der Waals surface area contributed by atoms with Crippen molar-refractivity contribution < 1.29 is 14.4 Å². The zero-order chi connectivity index (χ0) is 20.1. The maximum atomic E-state index is 12.6. The first-order valence-electron chi connectivity index (χ1n) is 8.77. The van der Waals surface area contributed by atoms with Crippen LogP contribution in [0.1, 0.15) is 38.8 Å². The first-order chi connectivity index (χ1) is 13.5. The van der Waals surface area contributed by atoms with Crippen LogP contribution in [0.3, 0.4) is 0 Å². The van der Waals surface area contributed by atoms with Gasteiger partial charge in [0.2, 0.25) is 0 Å². The van der Waals surface area contributed by atoms with E-state index < -0.39 is 11.5 Å². The van der Waals surface area contributed by atoms with Crippen LogP contribution in [0.25, 0.3) is 0 Å². The highest BCUT2D eigenvalue weighted by Crippen LogP contribution is 2.16. The maximum absolute atomic E-state index is 12.6. The molecule has 142 valence electrons. The molecule has 1 amide bonds. The normalized spacial score (nSPS) is 10.4. The van der Waals surface area contributed by atoms with Crippen LogP contribution in [-0.2, 0) is 6.61 Å². The van der Waals surface area contributed by atoms with Crippen molar-refractivity contribution in [3.05, 3.63) is 99.5 Å². The highest BCUT2D eigenvalue weighted by molar-refractivity contribution is 6.08. The van der Waals surface area contributed by atoms with Crippen molar-refractivity contribution in [2.75, 3.05) is 5.32 Å². The zero-order valence-electron chi connectivity index (χ0n) is 15.6. The van der Waals surface area contributed by atoms with Crippen LogP contribution in [-0.4, -0.2) is 16.4 Å². The summed E-state index contributed by atoms with van der Waals surface area (Å²) in [7, 11) is 0. The van der Waals surface area contributed by atoms with Crippen LogP contribution in [0.2, 0.25) is 0 Å². The predicted octanol–water partition coefficient (Wildman–Crippen LogP) is 3.24. The van der Waals surface area contributed by atoms with Gasteiger partial charge < -0.3 is 10.2 Å². The van der Waals surface area contributed by atoms with Crippen molar-refractivity contribution in [1.29, 1.82) is 0 Å². The fraction of sp³-hybridized carbons (Fsp3) is 0.136. The lowest BCUT2D eigenvalue weighted by Crippen LogP contribution is -2.32. The Morgan fingerprint density at radius 3 is 2.50 bits per heavy atom. The van der Waals surface area contributed by atoms with Gasteiger partial charge in [-0.3, -0.25) is 14.4 Å². The number of Topliss-reactive ketones (excluding diaryl/α,β-unsaturated/α-hetero) is 1. The van der Waals surface area contributed by atoms with E-state index in [1.807, 2.05) is 31.2 Å². The number of benzene rings is 2. The van der Waals surface area contributed by atoms with Gasteiger partial charge in [0.1, 0.15) is 12.2 Å². The number of amides is 1. The smallest absolute Gasteiger partial charge is 0.295 e. The third-order valence-electron chi connectivity index (χ3n) is 4.17. The Morgan fingerprint density at radius 2 is 1.75 bits per heavy atom. The van der Waals surface area contributed by atoms with Crippen molar-refractivity contribution in [2.24, 2.45) is 0 Å². The highest BCUT2D eigenvalue weighted by Gasteiger charge is 2.15. The molecule has 3 rings (SSSR count). The number of nitrogens with zero attached hydrogens (tertiary/aromatic N) is 1. The lowest BCUT2D eigenvalue weighted by Gasteiger charge is -2.11. The number of ketones is 1. The van der Waals surface area contributed by atoms with E-state index in [1.165, 1.54) is 19.2 Å². The molecular formula is C22H20N2O4. The summed E-state index contributed by atoms with van der Waals surface area (Å²) in [5, 5.41) is 2.63. The number of para-hydroxylation sites is 1. The summed E-state index contributed by atoms with van der Waals surface area (Å²) in [4.78, 5) is 42.5. The number of carbonyl (C=O) groups is 2. The lowest BCUT2D eigenvalue weighted by molar-refractivity contribution is 0.0863. The quantitative estimate of drug-likeness (QED) is 0.670. The first-order valence-corrected chi connectivity index (χ1v) is 8.77. The molecule has 1 heterocycles. The Morgan fingerprint density at radius 1 is 1.00 bits per heavy atom. The van der Waals surface area contributed by atoms with Crippen molar-refractivity contribution in [2.45, 2.75) is 20.5 Å². The molecule has 3 aromatic rings. The van der Waals surface area contributed by atoms with E-state index in [4.69, 9.17) is 4.84 Å². The van der Waals surface area contributed by atoms with Gasteiger partial charge in [0.05, 0.1) is 5.69 Å². The van der Waals surface area contributed by atoms with Gasteiger partial charge in [-0.1, -0.05) is 42.0 Å². The Hall–Kier alpha value is -3.67. The molecular weight excluding hydrogens is 356 g/mol. The molecule has 0 fully saturated rings. The number of aryl methyl sites for hydroxylation is 1. The average Bonchev–Trinajstić information content (AvgIpc) is 2.67. The molecule has 0 aliphatic carbocycles. The molecule has 2 aromatic carbocycles. The van der Waals surface area contributed by atoms with Crippen molar-refractivity contribution >= 4 is 17.4 Å². The standard InChI is InChI=1S/C22H20N2O4/c1-15-7-5-8-17(13-15)14-28-24-12-6-10-19(22(24)27)21(26)23-20-11-4-3-9-18(20)16(2)25/h3-13H,14H2,1-2H3,(H,23,26). The maximum Gasteiger partial charge on any atom is 0.295 e. The number of anilines is 1. The van der Waals surface area contributed by atoms with Gasteiger partial charge >= 0.3 is 0 Å². The molecule has 0 aliphatic heterocycles. The Labute approximate surface area is 162 Å². The summed E-state index contributed by atoms with van der Waals surface area (Å²) in [6, 6.07) is 17.4. The van der Waals surface area contributed by atoms with Crippen molar-refractivity contribution in [3.63, 3.8) is 0 Å². The molecule has 1 N–H and O–H groups in total. The second-order valence-electron chi connectivity index (χ2n) is 6.37. The van der Waals surface area contributed by atoms with Crippen LogP contribution in [0.15, 0.2) is 71.7 Å². The monoisotopic (exact) mass is 376 g/mol. The third-order valence-corrected chi connectivity index (χ3v) is 4.17. The average molecular weight is 376 g/mol. The molecule has 0 saturated heterocycles. The number of carbonyl (C=O) groups excluding carboxylic acids is 2. The van der Waals surface area contributed by atoms with E-state index in [9.17, 15) is 14.4 Å². The zero-order valence-corrected chi connectivity index (χ0v) is 15.6. The van der Waals surface area contributed by atoms with Gasteiger partial charge in [0.15, 0.2) is 5.78 Å². The molecule has 1 aromatic heterocycles. The van der Waals surface area contributed by atoms with Gasteiger partial charge in [-0.05, 0) is 43.7 Å². The molecule has 0 unspecified atom stereocenters. The fourth-order valence-corrected chi connectivity index (χ4v) is 2.78. The second-order valence-corrected chi connectivity index (χ2v) is 6.37. The van der Waals surface area contributed by atoms with E-state index >= 15 is 0 Å². The highest BCUT2D eigenvalue weighted by atomic mass is 16.7. The molecule has 6 heteroatoms. The van der Waals surface area contributed by atoms with E-state index in [2.05, 4.69) is 5.32 Å². The summed E-state index contributed by atoms with van der Waals surface area (Å²) < 4.78 is 1.04. The SMILES string of the molecule is CC(=O)c1ccccc1NC(=O)c1cccn(OCc2cccc(C)c2)c1=O. The van der Waals surface area contributed by atoms with E-state index in [1.54, 1.807) is 30.3 Å². The Kier molecular flexibility index (Phi) is 5.69. The predicted molar refractivity (Wildman–Crippen MR) is 107 cm³/mol. The molecule has 0 spiro atoms. The molecule has 0 saturated carbocycles. The van der Waals surface area contributed by atoms with E-state index in [-0.39, 0.29) is 18.0 Å². The third kappa shape index (κ3) is 4.35. The Balaban J connectivity index is 1.80. The molecule has 0 radical (unpaired) electrons. The number of hydrogen-bond acceptors (Lipinski definition) is 4. The minimum Gasteiger partial charge on any atom is -0.406 e. The van der Waals surface area contributed by atoms with Gasteiger partial charge in [-0.25, -0.2) is 0 Å². The number of nitrogens with one attached hydrogen (secondary N) is 1. The molecule has 0 aliphatic rings. The number of pyridine rings is 1. The van der Waals surface area contributed by atoms with Crippen LogP contribution < -0.4 is 15.7 Å². The van der Waals surface area contributed by atoms with Crippen LogP contribution >= 0.6 is 0 Å². The molecule has 0 atom stereocenters. The first kappa shape index (κ1) is 19.1. The largest absolute Gasteiger partial charge is 0.406 e. The van der Waals surface area contributed by atoms with Gasteiger partial charge in [-0.2, -0.15) is 4.73 Å². The summed E-state index contributed by atoms with van der Waals surface area (Å²) >= 11 is 0. The topological polar surface area (TPSA) is 77.4 Å². The molecule has 0 bridgehead atoms. The summed E-state index contributed by atoms with van der Waals surface area (Å²) in [6.45, 7) is 3.58. The van der Waals surface area contributed by atoms with Crippen LogP contribution in [0.5, 0.6) is 0 Å². The van der Waals surface area contributed by atoms with Gasteiger partial charge in [0, 0.05) is 11.8 Å². The number of aromatic nitrogens is 1. The fourth-order valence-electron chi connectivity index (χ4n) is 2.78.